The van der Waals surface area contributed by atoms with E-state index in [1.54, 1.807) is 12.1 Å². The van der Waals surface area contributed by atoms with Gasteiger partial charge in [0.25, 0.3) is 5.91 Å². The summed E-state index contributed by atoms with van der Waals surface area (Å²) in [5, 5.41) is 4.13. The van der Waals surface area contributed by atoms with Crippen LogP contribution in [-0.2, 0) is 0 Å². The van der Waals surface area contributed by atoms with Crippen LogP contribution in [0.4, 0.5) is 0 Å². The summed E-state index contributed by atoms with van der Waals surface area (Å²) in [5.41, 5.74) is 1.94. The maximum atomic E-state index is 13.0. The van der Waals surface area contributed by atoms with Crippen LogP contribution >= 0.6 is 24.0 Å². The Morgan fingerprint density at radius 1 is 1.04 bits per heavy atom. The maximum absolute atomic E-state index is 13.0. The predicted octanol–water partition coefficient (Wildman–Crippen LogP) is 3.79. The van der Waals surface area contributed by atoms with Crippen LogP contribution < -0.4 is 5.32 Å². The number of likely N-dealkylation sites (tertiary alicyclic amines) is 1. The number of halogens is 2. The summed E-state index contributed by atoms with van der Waals surface area (Å²) < 4.78 is 0. The van der Waals surface area contributed by atoms with Crippen molar-refractivity contribution < 1.29 is 4.79 Å². The van der Waals surface area contributed by atoms with Crippen molar-refractivity contribution in [2.45, 2.75) is 6.04 Å². The Morgan fingerprint density at radius 2 is 1.75 bits per heavy atom. The van der Waals surface area contributed by atoms with Crippen LogP contribution in [0.5, 0.6) is 0 Å². The molecule has 0 aromatic heterocycles. The third kappa shape index (κ3) is 3.04. The van der Waals surface area contributed by atoms with Gasteiger partial charge in [-0.2, -0.15) is 0 Å². The van der Waals surface area contributed by atoms with Crippen LogP contribution in [0.25, 0.3) is 0 Å². The van der Waals surface area contributed by atoms with Gasteiger partial charge >= 0.3 is 0 Å². The first kappa shape index (κ1) is 17.3. The fourth-order valence-electron chi connectivity index (χ4n) is 3.97. The molecule has 2 aliphatic heterocycles. The zero-order chi connectivity index (χ0) is 15.8. The Labute approximate surface area is 153 Å². The van der Waals surface area contributed by atoms with Crippen molar-refractivity contribution in [1.29, 1.82) is 0 Å². The molecule has 126 valence electrons. The van der Waals surface area contributed by atoms with E-state index in [2.05, 4.69) is 34.5 Å². The molecule has 4 rings (SSSR count). The van der Waals surface area contributed by atoms with Crippen molar-refractivity contribution in [3.05, 3.63) is 70.7 Å². The SMILES string of the molecule is Cl.O=C(c1ccc(Cl)cc1)N1C[C@@H]2CNC[C@@H]2[C@@H]1c1ccccc1. The van der Waals surface area contributed by atoms with E-state index >= 15 is 0 Å². The molecule has 1 amide bonds. The highest BCUT2D eigenvalue weighted by atomic mass is 35.5. The predicted molar refractivity (Wildman–Crippen MR) is 98.8 cm³/mol. The molecule has 0 saturated carbocycles. The third-order valence-electron chi connectivity index (χ3n) is 5.06. The van der Waals surface area contributed by atoms with E-state index in [4.69, 9.17) is 11.6 Å². The number of fused-ring (bicyclic) bond motifs is 1. The first-order chi connectivity index (χ1) is 11.2. The summed E-state index contributed by atoms with van der Waals surface area (Å²) in [6.07, 6.45) is 0. The maximum Gasteiger partial charge on any atom is 0.254 e. The molecule has 0 radical (unpaired) electrons. The van der Waals surface area contributed by atoms with Crippen molar-refractivity contribution in [1.82, 2.24) is 10.2 Å². The molecule has 2 heterocycles. The number of hydrogen-bond donors (Lipinski definition) is 1. The second-order valence-corrected chi connectivity index (χ2v) is 6.84. The first-order valence-corrected chi connectivity index (χ1v) is 8.44. The summed E-state index contributed by atoms with van der Waals surface area (Å²) in [6, 6.07) is 17.7. The summed E-state index contributed by atoms with van der Waals surface area (Å²) >= 11 is 5.95. The van der Waals surface area contributed by atoms with E-state index in [1.807, 2.05) is 18.2 Å². The molecule has 24 heavy (non-hydrogen) atoms. The Bertz CT molecular complexity index is 705. The van der Waals surface area contributed by atoms with Gasteiger partial charge in [0.2, 0.25) is 0 Å². The molecular formula is C19H20Cl2N2O. The van der Waals surface area contributed by atoms with Crippen molar-refractivity contribution >= 4 is 29.9 Å². The lowest BCUT2D eigenvalue weighted by Gasteiger charge is -2.28. The Morgan fingerprint density at radius 3 is 2.46 bits per heavy atom. The lowest BCUT2D eigenvalue weighted by Crippen LogP contribution is -2.34. The second kappa shape index (κ2) is 7.14. The highest BCUT2D eigenvalue weighted by molar-refractivity contribution is 6.30. The van der Waals surface area contributed by atoms with Gasteiger partial charge in [-0.3, -0.25) is 4.79 Å². The molecule has 2 aromatic carbocycles. The highest BCUT2D eigenvalue weighted by Gasteiger charge is 2.46. The van der Waals surface area contributed by atoms with E-state index in [9.17, 15) is 4.79 Å². The quantitative estimate of drug-likeness (QED) is 0.881. The normalized spacial score (nSPS) is 25.2. The Balaban J connectivity index is 0.00000169. The van der Waals surface area contributed by atoms with Crippen LogP contribution in [0.3, 0.4) is 0 Å². The van der Waals surface area contributed by atoms with Gasteiger partial charge in [0.1, 0.15) is 0 Å². The van der Waals surface area contributed by atoms with Gasteiger partial charge in [-0.25, -0.2) is 0 Å². The van der Waals surface area contributed by atoms with E-state index in [1.165, 1.54) is 5.56 Å². The minimum atomic E-state index is 0. The zero-order valence-corrected chi connectivity index (χ0v) is 14.8. The molecule has 0 bridgehead atoms. The summed E-state index contributed by atoms with van der Waals surface area (Å²) in [4.78, 5) is 15.1. The number of carbonyl (C=O) groups is 1. The summed E-state index contributed by atoms with van der Waals surface area (Å²) in [7, 11) is 0. The fourth-order valence-corrected chi connectivity index (χ4v) is 4.09. The van der Waals surface area contributed by atoms with Crippen molar-refractivity contribution in [2.75, 3.05) is 19.6 Å². The molecule has 2 aliphatic rings. The molecule has 2 aromatic rings. The van der Waals surface area contributed by atoms with Gasteiger partial charge in [0.05, 0.1) is 6.04 Å². The smallest absolute Gasteiger partial charge is 0.254 e. The molecule has 0 spiro atoms. The van der Waals surface area contributed by atoms with Gasteiger partial charge in [-0.1, -0.05) is 41.9 Å². The number of nitrogens with zero attached hydrogens (tertiary/aromatic N) is 1. The number of benzene rings is 2. The third-order valence-corrected chi connectivity index (χ3v) is 5.31. The van der Waals surface area contributed by atoms with Crippen molar-refractivity contribution in [3.63, 3.8) is 0 Å². The molecule has 5 heteroatoms. The highest BCUT2D eigenvalue weighted by Crippen LogP contribution is 2.43. The summed E-state index contributed by atoms with van der Waals surface area (Å²) in [5.74, 6) is 1.13. The van der Waals surface area contributed by atoms with Gasteiger partial charge in [-0.05, 0) is 35.7 Å². The monoisotopic (exact) mass is 362 g/mol. The molecule has 3 nitrogen and oxygen atoms in total. The van der Waals surface area contributed by atoms with Gasteiger partial charge in [0.15, 0.2) is 0 Å². The van der Waals surface area contributed by atoms with E-state index < -0.39 is 0 Å². The number of carbonyl (C=O) groups excluding carboxylic acids is 1. The van der Waals surface area contributed by atoms with E-state index in [-0.39, 0.29) is 24.4 Å². The average Bonchev–Trinajstić information content (AvgIpc) is 3.16. The zero-order valence-electron chi connectivity index (χ0n) is 13.2. The van der Waals surface area contributed by atoms with Crippen LogP contribution in [0.15, 0.2) is 54.6 Å². The van der Waals surface area contributed by atoms with E-state index in [0.717, 1.165) is 19.6 Å². The molecular weight excluding hydrogens is 343 g/mol. The minimum Gasteiger partial charge on any atom is -0.331 e. The van der Waals surface area contributed by atoms with Crippen LogP contribution in [0, 0.1) is 11.8 Å². The molecule has 0 unspecified atom stereocenters. The molecule has 1 N–H and O–H groups in total. The molecule has 2 saturated heterocycles. The largest absolute Gasteiger partial charge is 0.331 e. The minimum absolute atomic E-state index is 0. The van der Waals surface area contributed by atoms with E-state index in [0.29, 0.717) is 22.4 Å². The van der Waals surface area contributed by atoms with Gasteiger partial charge < -0.3 is 10.2 Å². The van der Waals surface area contributed by atoms with Crippen molar-refractivity contribution in [3.8, 4) is 0 Å². The van der Waals surface area contributed by atoms with Crippen LogP contribution in [0.1, 0.15) is 22.0 Å². The topological polar surface area (TPSA) is 32.3 Å². The molecule has 0 aliphatic carbocycles. The number of nitrogens with one attached hydrogen (secondary N) is 1. The van der Waals surface area contributed by atoms with Crippen molar-refractivity contribution in [2.24, 2.45) is 11.8 Å². The number of amides is 1. The van der Waals surface area contributed by atoms with Gasteiger partial charge in [-0.15, -0.1) is 12.4 Å². The first-order valence-electron chi connectivity index (χ1n) is 8.06. The van der Waals surface area contributed by atoms with Crippen LogP contribution in [-0.4, -0.2) is 30.4 Å². The Kier molecular flexibility index (Phi) is 5.14. The molecule has 2 fully saturated rings. The lowest BCUT2D eigenvalue weighted by atomic mass is 9.89. The second-order valence-electron chi connectivity index (χ2n) is 6.40. The number of hydrogen-bond acceptors (Lipinski definition) is 2. The molecule has 3 atom stereocenters. The Hall–Kier alpha value is -1.55. The lowest BCUT2D eigenvalue weighted by molar-refractivity contribution is 0.0714. The standard InChI is InChI=1S/C19H19ClN2O.ClH/c20-16-8-6-14(7-9-16)19(23)22-12-15-10-21-11-17(15)18(22)13-4-2-1-3-5-13;/h1-9,15,17-18,21H,10-12H2;1H/t15-,17-,18-;/m0./s1. The number of rotatable bonds is 2. The fraction of sp³-hybridized carbons (Fsp3) is 0.316. The van der Waals surface area contributed by atoms with Gasteiger partial charge in [0, 0.05) is 36.1 Å². The van der Waals surface area contributed by atoms with Crippen LogP contribution in [0.2, 0.25) is 5.02 Å². The average molecular weight is 363 g/mol. The summed E-state index contributed by atoms with van der Waals surface area (Å²) in [6.45, 7) is 2.80.